The van der Waals surface area contributed by atoms with Gasteiger partial charge in [0, 0.05) is 29.1 Å². The topological polar surface area (TPSA) is 97.9 Å². The van der Waals surface area contributed by atoms with E-state index >= 15 is 0 Å². The van der Waals surface area contributed by atoms with Gasteiger partial charge >= 0.3 is 0 Å². The number of aromatic nitrogens is 2. The summed E-state index contributed by atoms with van der Waals surface area (Å²) in [7, 11) is 0. The number of nitrogens with zero attached hydrogens (tertiary/aromatic N) is 4. The summed E-state index contributed by atoms with van der Waals surface area (Å²) in [6.07, 6.45) is 1.48. The SMILES string of the molecule is Cc1ccc(N2C(=N)C3C(C)NNC3N=C2SCc2cc(=O)n3ccccc3n2)cc1Cl. The number of aryl methyl sites for hydroxylation is 1. The first-order chi connectivity index (χ1) is 15.4. The molecule has 1 fully saturated rings. The van der Waals surface area contributed by atoms with Crippen molar-refractivity contribution < 1.29 is 0 Å². The van der Waals surface area contributed by atoms with E-state index in [1.807, 2.05) is 49.1 Å². The van der Waals surface area contributed by atoms with E-state index in [-0.39, 0.29) is 23.7 Å². The van der Waals surface area contributed by atoms with E-state index in [9.17, 15) is 4.79 Å². The van der Waals surface area contributed by atoms with Crippen LogP contribution >= 0.6 is 23.4 Å². The Morgan fingerprint density at radius 1 is 1.22 bits per heavy atom. The van der Waals surface area contributed by atoms with Gasteiger partial charge in [-0.3, -0.25) is 24.9 Å². The second-order valence-electron chi connectivity index (χ2n) is 7.92. The Morgan fingerprint density at radius 2 is 2.06 bits per heavy atom. The molecule has 164 valence electrons. The molecule has 2 aliphatic rings. The van der Waals surface area contributed by atoms with Crippen molar-refractivity contribution in [3.63, 3.8) is 0 Å². The van der Waals surface area contributed by atoms with Gasteiger partial charge in [0.2, 0.25) is 0 Å². The first kappa shape index (κ1) is 21.1. The number of rotatable bonds is 3. The molecule has 0 spiro atoms. The lowest BCUT2D eigenvalue weighted by Crippen LogP contribution is -2.50. The molecule has 3 atom stereocenters. The second-order valence-corrected chi connectivity index (χ2v) is 9.27. The van der Waals surface area contributed by atoms with Crippen LogP contribution in [-0.2, 0) is 5.75 Å². The fraction of sp³-hybridized carbons (Fsp3) is 0.273. The number of amidine groups is 2. The molecule has 3 unspecified atom stereocenters. The Hall–Kier alpha value is -2.72. The maximum Gasteiger partial charge on any atom is 0.258 e. The van der Waals surface area contributed by atoms with E-state index in [4.69, 9.17) is 22.0 Å². The number of thioether (sulfide) groups is 1. The summed E-state index contributed by atoms with van der Waals surface area (Å²) >= 11 is 7.85. The van der Waals surface area contributed by atoms with E-state index in [0.29, 0.717) is 33.1 Å². The van der Waals surface area contributed by atoms with Crippen molar-refractivity contribution in [1.29, 1.82) is 5.41 Å². The fourth-order valence-electron chi connectivity index (χ4n) is 3.99. The lowest BCUT2D eigenvalue weighted by Gasteiger charge is -2.36. The van der Waals surface area contributed by atoms with Crippen LogP contribution < -0.4 is 21.3 Å². The fourth-order valence-corrected chi connectivity index (χ4v) is 5.11. The van der Waals surface area contributed by atoms with Crippen LogP contribution in [0.3, 0.4) is 0 Å². The van der Waals surface area contributed by atoms with Gasteiger partial charge in [-0.25, -0.2) is 15.4 Å². The van der Waals surface area contributed by atoms with E-state index in [1.54, 1.807) is 18.3 Å². The lowest BCUT2D eigenvalue weighted by atomic mass is 9.97. The normalized spacial score (nSPS) is 22.8. The summed E-state index contributed by atoms with van der Waals surface area (Å²) < 4.78 is 1.52. The quantitative estimate of drug-likeness (QED) is 0.547. The maximum atomic E-state index is 12.4. The molecule has 8 nitrogen and oxygen atoms in total. The highest BCUT2D eigenvalue weighted by atomic mass is 35.5. The van der Waals surface area contributed by atoms with Gasteiger partial charge in [0.05, 0.1) is 17.3 Å². The Labute approximate surface area is 194 Å². The highest BCUT2D eigenvalue weighted by Crippen LogP contribution is 2.34. The molecule has 10 heteroatoms. The highest BCUT2D eigenvalue weighted by Gasteiger charge is 2.43. The number of benzene rings is 1. The van der Waals surface area contributed by atoms with Crippen LogP contribution in [0, 0.1) is 18.3 Å². The van der Waals surface area contributed by atoms with Gasteiger partial charge in [-0.05, 0) is 43.7 Å². The zero-order valence-corrected chi connectivity index (χ0v) is 19.1. The summed E-state index contributed by atoms with van der Waals surface area (Å²) in [6, 6.07) is 12.8. The summed E-state index contributed by atoms with van der Waals surface area (Å²) in [5, 5.41) is 10.3. The van der Waals surface area contributed by atoms with Crippen molar-refractivity contribution in [3.8, 4) is 0 Å². The van der Waals surface area contributed by atoms with Crippen molar-refractivity contribution in [2.24, 2.45) is 10.9 Å². The second kappa shape index (κ2) is 8.32. The molecular formula is C22H22ClN7OS. The van der Waals surface area contributed by atoms with Crippen LogP contribution in [0.2, 0.25) is 5.02 Å². The first-order valence-electron chi connectivity index (χ1n) is 10.3. The van der Waals surface area contributed by atoms with E-state index in [1.165, 1.54) is 16.2 Å². The van der Waals surface area contributed by atoms with Crippen LogP contribution in [0.5, 0.6) is 0 Å². The van der Waals surface area contributed by atoms with E-state index in [0.717, 1.165) is 11.3 Å². The van der Waals surface area contributed by atoms with Crippen molar-refractivity contribution in [2.45, 2.75) is 31.8 Å². The van der Waals surface area contributed by atoms with Crippen LogP contribution in [0.25, 0.3) is 5.65 Å². The molecule has 4 heterocycles. The number of nitrogens with one attached hydrogen (secondary N) is 3. The molecule has 32 heavy (non-hydrogen) atoms. The van der Waals surface area contributed by atoms with Gasteiger partial charge in [-0.2, -0.15) is 0 Å². The zero-order chi connectivity index (χ0) is 22.4. The molecule has 0 radical (unpaired) electrons. The Kier molecular flexibility index (Phi) is 5.50. The van der Waals surface area contributed by atoms with Crippen molar-refractivity contribution in [1.82, 2.24) is 20.2 Å². The Morgan fingerprint density at radius 3 is 2.88 bits per heavy atom. The van der Waals surface area contributed by atoms with Gasteiger partial charge in [-0.1, -0.05) is 35.5 Å². The third kappa shape index (κ3) is 3.71. The van der Waals surface area contributed by atoms with E-state index < -0.39 is 0 Å². The number of hydrogen-bond donors (Lipinski definition) is 3. The molecule has 2 aromatic heterocycles. The average Bonchev–Trinajstić information content (AvgIpc) is 3.15. The van der Waals surface area contributed by atoms with Gasteiger partial charge < -0.3 is 0 Å². The molecule has 5 rings (SSSR count). The van der Waals surface area contributed by atoms with Crippen LogP contribution in [0.1, 0.15) is 18.2 Å². The smallest absolute Gasteiger partial charge is 0.258 e. The van der Waals surface area contributed by atoms with Gasteiger partial charge in [0.25, 0.3) is 5.56 Å². The Balaban J connectivity index is 1.49. The summed E-state index contributed by atoms with van der Waals surface area (Å²) in [6.45, 7) is 3.98. The average molecular weight is 468 g/mol. The maximum absolute atomic E-state index is 12.4. The molecule has 3 N–H and O–H groups in total. The van der Waals surface area contributed by atoms with Crippen molar-refractivity contribution in [3.05, 3.63) is 75.3 Å². The minimum atomic E-state index is -0.229. The zero-order valence-electron chi connectivity index (χ0n) is 17.5. The summed E-state index contributed by atoms with van der Waals surface area (Å²) in [5.74, 6) is 0.787. The van der Waals surface area contributed by atoms with Crippen LogP contribution in [0.4, 0.5) is 5.69 Å². The number of halogens is 1. The van der Waals surface area contributed by atoms with Crippen LogP contribution in [0.15, 0.2) is 58.4 Å². The van der Waals surface area contributed by atoms with Crippen LogP contribution in [-0.4, -0.2) is 32.6 Å². The van der Waals surface area contributed by atoms with Crippen molar-refractivity contribution in [2.75, 3.05) is 4.90 Å². The number of aliphatic imine (C=N–C) groups is 1. The van der Waals surface area contributed by atoms with E-state index in [2.05, 4.69) is 15.8 Å². The minimum absolute atomic E-state index is 0.0634. The lowest BCUT2D eigenvalue weighted by molar-refractivity contribution is 0.536. The highest BCUT2D eigenvalue weighted by molar-refractivity contribution is 8.13. The summed E-state index contributed by atoms with van der Waals surface area (Å²) in [4.78, 5) is 23.8. The van der Waals surface area contributed by atoms with Gasteiger partial charge in [0.1, 0.15) is 17.6 Å². The molecule has 3 aromatic rings. The Bertz CT molecular complexity index is 1310. The van der Waals surface area contributed by atoms with Crippen molar-refractivity contribution >= 4 is 45.7 Å². The number of hydrogen-bond acceptors (Lipinski definition) is 7. The number of pyridine rings is 1. The molecule has 0 aliphatic carbocycles. The largest absolute Gasteiger partial charge is 0.287 e. The molecule has 0 bridgehead atoms. The third-order valence-corrected chi connectivity index (χ3v) is 7.12. The molecule has 0 saturated carbocycles. The number of anilines is 1. The predicted molar refractivity (Wildman–Crippen MR) is 130 cm³/mol. The first-order valence-corrected chi connectivity index (χ1v) is 11.6. The van der Waals surface area contributed by atoms with Gasteiger partial charge in [-0.15, -0.1) is 0 Å². The third-order valence-electron chi connectivity index (χ3n) is 5.72. The predicted octanol–water partition coefficient (Wildman–Crippen LogP) is 3.18. The standard InChI is InChI=1S/C22H22ClN7OS/c1-12-6-7-15(10-16(12)23)30-20(24)19-13(2)27-28-21(19)26-22(30)32-11-14-9-18(31)29-8-4-3-5-17(29)25-14/h3-10,13,19,21,24,27-28H,11H2,1-2H3. The number of fused-ring (bicyclic) bond motifs is 2. The molecular weight excluding hydrogens is 446 g/mol. The molecule has 1 aromatic carbocycles. The minimum Gasteiger partial charge on any atom is -0.287 e. The monoisotopic (exact) mass is 467 g/mol. The number of hydrazine groups is 1. The summed E-state index contributed by atoms with van der Waals surface area (Å²) in [5.41, 5.74) is 9.28. The molecule has 0 amide bonds. The van der Waals surface area contributed by atoms with Gasteiger partial charge in [0.15, 0.2) is 5.17 Å². The molecule has 2 aliphatic heterocycles. The molecule has 1 saturated heterocycles.